The molecule has 0 N–H and O–H groups in total. The number of aryl methyl sites for hydroxylation is 2. The zero-order valence-corrected chi connectivity index (χ0v) is 11.2. The van der Waals surface area contributed by atoms with Gasteiger partial charge in [-0.15, -0.1) is 0 Å². The first-order valence-corrected chi connectivity index (χ1v) is 6.22. The number of hydrogen-bond acceptors (Lipinski definition) is 2. The number of hydrogen-bond donors (Lipinski definition) is 0. The van der Waals surface area contributed by atoms with E-state index in [1.165, 1.54) is 11.1 Å². The molecule has 0 spiro atoms. The van der Waals surface area contributed by atoms with Gasteiger partial charge in [-0.05, 0) is 44.6 Å². The molecule has 3 nitrogen and oxygen atoms in total. The highest BCUT2D eigenvalue weighted by atomic mass is 15.1. The van der Waals surface area contributed by atoms with Crippen molar-refractivity contribution in [3.05, 3.63) is 29.6 Å². The van der Waals surface area contributed by atoms with Gasteiger partial charge in [-0.3, -0.25) is 0 Å². The zero-order chi connectivity index (χ0) is 12.4. The molecule has 1 aromatic carbocycles. The van der Waals surface area contributed by atoms with Gasteiger partial charge in [0.2, 0.25) is 0 Å². The van der Waals surface area contributed by atoms with Crippen LogP contribution in [0.2, 0.25) is 0 Å². The Balaban J connectivity index is 2.20. The lowest BCUT2D eigenvalue weighted by atomic mass is 10.1. The fourth-order valence-corrected chi connectivity index (χ4v) is 2.00. The molecule has 0 saturated carbocycles. The average molecular weight is 231 g/mol. The van der Waals surface area contributed by atoms with Gasteiger partial charge in [0.1, 0.15) is 5.82 Å². The van der Waals surface area contributed by atoms with Crippen molar-refractivity contribution in [2.45, 2.75) is 20.3 Å². The van der Waals surface area contributed by atoms with Crippen LogP contribution in [0.15, 0.2) is 18.2 Å². The summed E-state index contributed by atoms with van der Waals surface area (Å²) in [5.74, 6) is 1.07. The van der Waals surface area contributed by atoms with E-state index < -0.39 is 0 Å². The normalized spacial score (nSPS) is 11.6. The number of fused-ring (bicyclic) bond motifs is 1. The Hall–Kier alpha value is -1.35. The molecule has 0 aliphatic heterocycles. The highest BCUT2D eigenvalue weighted by Crippen LogP contribution is 2.16. The summed E-state index contributed by atoms with van der Waals surface area (Å²) in [7, 11) is 4.22. The molecule has 92 valence electrons. The second kappa shape index (κ2) is 4.88. The largest absolute Gasteiger partial charge is 0.331 e. The standard InChI is InChI=1S/C14H21N3/c1-5-16(3)9-8-12-6-7-14-13(10-12)15-11(2)17(14)4/h6-7,10H,5,8-9H2,1-4H3. The van der Waals surface area contributed by atoms with Gasteiger partial charge in [-0.1, -0.05) is 13.0 Å². The Morgan fingerprint density at radius 3 is 2.82 bits per heavy atom. The lowest BCUT2D eigenvalue weighted by Crippen LogP contribution is -2.20. The van der Waals surface area contributed by atoms with Crippen LogP contribution in [-0.2, 0) is 13.5 Å². The van der Waals surface area contributed by atoms with Crippen LogP contribution in [0, 0.1) is 6.92 Å². The Labute approximate surface area is 103 Å². The van der Waals surface area contributed by atoms with Gasteiger partial charge in [0.05, 0.1) is 11.0 Å². The minimum Gasteiger partial charge on any atom is -0.331 e. The highest BCUT2D eigenvalue weighted by molar-refractivity contribution is 5.76. The van der Waals surface area contributed by atoms with Crippen LogP contribution in [0.5, 0.6) is 0 Å². The Bertz CT molecular complexity index is 513. The van der Waals surface area contributed by atoms with E-state index in [-0.39, 0.29) is 0 Å². The molecule has 0 atom stereocenters. The molecule has 3 heteroatoms. The summed E-state index contributed by atoms with van der Waals surface area (Å²) < 4.78 is 2.14. The summed E-state index contributed by atoms with van der Waals surface area (Å²) in [6.45, 7) is 6.44. The molecule has 0 aliphatic carbocycles. The Morgan fingerprint density at radius 1 is 1.35 bits per heavy atom. The third-order valence-electron chi connectivity index (χ3n) is 3.49. The van der Waals surface area contributed by atoms with Crippen LogP contribution in [0.3, 0.4) is 0 Å². The summed E-state index contributed by atoms with van der Waals surface area (Å²) in [4.78, 5) is 6.90. The van der Waals surface area contributed by atoms with E-state index in [2.05, 4.69) is 53.7 Å². The minimum absolute atomic E-state index is 1.07. The summed E-state index contributed by atoms with van der Waals surface area (Å²) in [5.41, 5.74) is 3.70. The molecule has 0 amide bonds. The third kappa shape index (κ3) is 2.50. The van der Waals surface area contributed by atoms with E-state index in [1.54, 1.807) is 0 Å². The van der Waals surface area contributed by atoms with Crippen molar-refractivity contribution < 1.29 is 0 Å². The lowest BCUT2D eigenvalue weighted by Gasteiger charge is -2.13. The fraction of sp³-hybridized carbons (Fsp3) is 0.500. The maximum absolute atomic E-state index is 4.57. The van der Waals surface area contributed by atoms with E-state index in [4.69, 9.17) is 0 Å². The Kier molecular flexibility index (Phi) is 3.48. The van der Waals surface area contributed by atoms with Crippen molar-refractivity contribution in [3.8, 4) is 0 Å². The van der Waals surface area contributed by atoms with E-state index in [9.17, 15) is 0 Å². The van der Waals surface area contributed by atoms with Crippen LogP contribution in [0.4, 0.5) is 0 Å². The second-order valence-electron chi connectivity index (χ2n) is 4.69. The molecule has 0 bridgehead atoms. The number of aromatic nitrogens is 2. The summed E-state index contributed by atoms with van der Waals surface area (Å²) in [6, 6.07) is 6.61. The first-order chi connectivity index (χ1) is 8.11. The van der Waals surface area contributed by atoms with Crippen LogP contribution < -0.4 is 0 Å². The van der Waals surface area contributed by atoms with Gasteiger partial charge in [0.15, 0.2) is 0 Å². The zero-order valence-electron chi connectivity index (χ0n) is 11.2. The maximum Gasteiger partial charge on any atom is 0.106 e. The topological polar surface area (TPSA) is 21.1 Å². The lowest BCUT2D eigenvalue weighted by molar-refractivity contribution is 0.357. The summed E-state index contributed by atoms with van der Waals surface area (Å²) in [6.07, 6.45) is 1.09. The minimum atomic E-state index is 1.07. The van der Waals surface area contributed by atoms with Crippen molar-refractivity contribution in [2.24, 2.45) is 7.05 Å². The van der Waals surface area contributed by atoms with E-state index in [0.29, 0.717) is 0 Å². The first kappa shape index (κ1) is 12.1. The van der Waals surface area contributed by atoms with Gasteiger partial charge in [-0.25, -0.2) is 4.98 Å². The van der Waals surface area contributed by atoms with Crippen LogP contribution >= 0.6 is 0 Å². The van der Waals surface area contributed by atoms with Gasteiger partial charge < -0.3 is 9.47 Å². The van der Waals surface area contributed by atoms with Crippen molar-refractivity contribution >= 4 is 11.0 Å². The Morgan fingerprint density at radius 2 is 2.12 bits per heavy atom. The molecule has 17 heavy (non-hydrogen) atoms. The fourth-order valence-electron chi connectivity index (χ4n) is 2.00. The molecule has 0 unspecified atom stereocenters. The molecular weight excluding hydrogens is 210 g/mol. The summed E-state index contributed by atoms with van der Waals surface area (Å²) in [5, 5.41) is 0. The molecular formula is C14H21N3. The highest BCUT2D eigenvalue weighted by Gasteiger charge is 2.05. The van der Waals surface area contributed by atoms with Gasteiger partial charge in [0, 0.05) is 13.6 Å². The number of rotatable bonds is 4. The number of benzene rings is 1. The summed E-state index contributed by atoms with van der Waals surface area (Å²) >= 11 is 0. The van der Waals surface area contributed by atoms with Crippen LogP contribution in [-0.4, -0.2) is 34.6 Å². The van der Waals surface area contributed by atoms with E-state index in [0.717, 1.165) is 30.9 Å². The molecule has 1 aromatic heterocycles. The van der Waals surface area contributed by atoms with Gasteiger partial charge >= 0.3 is 0 Å². The first-order valence-electron chi connectivity index (χ1n) is 6.22. The van der Waals surface area contributed by atoms with Gasteiger partial charge in [-0.2, -0.15) is 0 Å². The van der Waals surface area contributed by atoms with Crippen molar-refractivity contribution in [2.75, 3.05) is 20.1 Å². The maximum atomic E-state index is 4.57. The quantitative estimate of drug-likeness (QED) is 0.805. The number of imidazole rings is 1. The molecule has 0 radical (unpaired) electrons. The monoisotopic (exact) mass is 231 g/mol. The molecule has 0 saturated heterocycles. The molecule has 2 aromatic rings. The molecule has 1 heterocycles. The SMILES string of the molecule is CCN(C)CCc1ccc2c(c1)nc(C)n2C. The van der Waals surface area contributed by atoms with Crippen molar-refractivity contribution in [1.82, 2.24) is 14.5 Å². The smallest absolute Gasteiger partial charge is 0.106 e. The molecule has 0 fully saturated rings. The van der Waals surface area contributed by atoms with Crippen LogP contribution in [0.1, 0.15) is 18.3 Å². The number of nitrogens with zero attached hydrogens (tertiary/aromatic N) is 3. The van der Waals surface area contributed by atoms with Crippen LogP contribution in [0.25, 0.3) is 11.0 Å². The predicted molar refractivity (Wildman–Crippen MR) is 72.3 cm³/mol. The molecule has 0 aliphatic rings. The predicted octanol–water partition coefficient (Wildman–Crippen LogP) is 2.38. The van der Waals surface area contributed by atoms with Crippen molar-refractivity contribution in [3.63, 3.8) is 0 Å². The van der Waals surface area contributed by atoms with E-state index in [1.807, 2.05) is 6.92 Å². The van der Waals surface area contributed by atoms with Gasteiger partial charge in [0.25, 0.3) is 0 Å². The average Bonchev–Trinajstić information content (AvgIpc) is 2.62. The number of likely N-dealkylation sites (N-methyl/N-ethyl adjacent to an activating group) is 1. The molecule has 2 rings (SSSR count). The van der Waals surface area contributed by atoms with E-state index >= 15 is 0 Å². The third-order valence-corrected chi connectivity index (χ3v) is 3.49. The van der Waals surface area contributed by atoms with Crippen molar-refractivity contribution in [1.29, 1.82) is 0 Å². The second-order valence-corrected chi connectivity index (χ2v) is 4.69.